The molecule has 0 radical (unpaired) electrons. The van der Waals surface area contributed by atoms with Crippen molar-refractivity contribution in [1.29, 1.82) is 0 Å². The number of carbonyl (C=O) groups excluding carboxylic acids is 1. The Morgan fingerprint density at radius 3 is 2.63 bits per heavy atom. The molecule has 1 unspecified atom stereocenters. The molecule has 96 valence electrons. The monoisotopic (exact) mass is 336 g/mol. The van der Waals surface area contributed by atoms with E-state index < -0.39 is 0 Å². The fourth-order valence-corrected chi connectivity index (χ4v) is 2.72. The van der Waals surface area contributed by atoms with E-state index in [1.807, 2.05) is 36.4 Å². The minimum Gasteiger partial charge on any atom is -0.454 e. The topological polar surface area (TPSA) is 26.3 Å². The van der Waals surface area contributed by atoms with Gasteiger partial charge in [-0.1, -0.05) is 45.7 Å². The van der Waals surface area contributed by atoms with Gasteiger partial charge in [-0.15, -0.1) is 0 Å². The van der Waals surface area contributed by atoms with E-state index in [0.717, 1.165) is 15.6 Å². The number of halogens is 2. The number of rotatable bonds is 2. The Morgan fingerprint density at radius 1 is 1.16 bits per heavy atom. The van der Waals surface area contributed by atoms with Crippen LogP contribution in [0.2, 0.25) is 5.02 Å². The van der Waals surface area contributed by atoms with Gasteiger partial charge >= 0.3 is 5.97 Å². The van der Waals surface area contributed by atoms with Crippen LogP contribution in [0, 0.1) is 0 Å². The fourth-order valence-electron chi connectivity index (χ4n) is 2.23. The highest BCUT2D eigenvalue weighted by Crippen LogP contribution is 2.34. The zero-order valence-corrected chi connectivity index (χ0v) is 12.2. The standard InChI is InChI=1S/C15H10BrClO2/c16-10-3-6-12-13(8-10)15(18)19-14(12)7-9-1-4-11(17)5-2-9/h1-6,8,14H,7H2. The van der Waals surface area contributed by atoms with E-state index in [1.54, 1.807) is 6.07 Å². The van der Waals surface area contributed by atoms with Crippen LogP contribution >= 0.6 is 27.5 Å². The van der Waals surface area contributed by atoms with Crippen molar-refractivity contribution in [3.63, 3.8) is 0 Å². The summed E-state index contributed by atoms with van der Waals surface area (Å²) in [7, 11) is 0. The lowest BCUT2D eigenvalue weighted by molar-refractivity contribution is 0.0387. The van der Waals surface area contributed by atoms with Gasteiger partial charge in [-0.3, -0.25) is 0 Å². The number of benzene rings is 2. The molecule has 1 aliphatic rings. The normalized spacial score (nSPS) is 17.2. The molecule has 0 bridgehead atoms. The summed E-state index contributed by atoms with van der Waals surface area (Å²) in [6, 6.07) is 13.3. The van der Waals surface area contributed by atoms with Gasteiger partial charge in [0, 0.05) is 21.5 Å². The summed E-state index contributed by atoms with van der Waals surface area (Å²) in [6.45, 7) is 0. The van der Waals surface area contributed by atoms with Crippen LogP contribution in [0.4, 0.5) is 0 Å². The number of hydrogen-bond donors (Lipinski definition) is 0. The summed E-state index contributed by atoms with van der Waals surface area (Å²) >= 11 is 9.22. The highest BCUT2D eigenvalue weighted by atomic mass is 79.9. The number of cyclic esters (lactones) is 1. The minimum atomic E-state index is -0.254. The Bertz CT molecular complexity index is 637. The molecule has 0 saturated heterocycles. The fraction of sp³-hybridized carbons (Fsp3) is 0.133. The van der Waals surface area contributed by atoms with Gasteiger partial charge < -0.3 is 4.74 Å². The molecule has 3 rings (SSSR count). The number of ether oxygens (including phenoxy) is 1. The summed E-state index contributed by atoms with van der Waals surface area (Å²) in [5.41, 5.74) is 2.69. The predicted octanol–water partition coefficient (Wildman–Crippen LogP) is 4.56. The second kappa shape index (κ2) is 4.99. The first-order valence-electron chi connectivity index (χ1n) is 5.88. The highest BCUT2D eigenvalue weighted by Gasteiger charge is 2.30. The zero-order valence-electron chi connectivity index (χ0n) is 9.90. The molecule has 0 N–H and O–H groups in total. The first-order valence-corrected chi connectivity index (χ1v) is 7.05. The predicted molar refractivity (Wildman–Crippen MR) is 77.5 cm³/mol. The summed E-state index contributed by atoms with van der Waals surface area (Å²) in [4.78, 5) is 11.8. The molecule has 0 fully saturated rings. The van der Waals surface area contributed by atoms with Gasteiger partial charge in [-0.25, -0.2) is 4.79 Å². The molecule has 1 aliphatic heterocycles. The van der Waals surface area contributed by atoms with Crippen LogP contribution in [0.1, 0.15) is 27.6 Å². The minimum absolute atomic E-state index is 0.211. The first kappa shape index (κ1) is 12.7. The molecular formula is C15H10BrClO2. The lowest BCUT2D eigenvalue weighted by atomic mass is 9.99. The Labute approximate surface area is 124 Å². The van der Waals surface area contributed by atoms with Crippen molar-refractivity contribution < 1.29 is 9.53 Å². The molecule has 1 heterocycles. The van der Waals surface area contributed by atoms with Crippen molar-refractivity contribution in [3.8, 4) is 0 Å². The number of esters is 1. The second-order valence-electron chi connectivity index (χ2n) is 4.46. The maximum Gasteiger partial charge on any atom is 0.339 e. The van der Waals surface area contributed by atoms with Crippen molar-refractivity contribution >= 4 is 33.5 Å². The lowest BCUT2D eigenvalue weighted by Crippen LogP contribution is -2.02. The summed E-state index contributed by atoms with van der Waals surface area (Å²) in [6.07, 6.45) is 0.453. The van der Waals surface area contributed by atoms with Crippen LogP contribution in [-0.2, 0) is 11.2 Å². The third-order valence-electron chi connectivity index (χ3n) is 3.17. The molecule has 4 heteroatoms. The van der Waals surface area contributed by atoms with Crippen LogP contribution in [0.5, 0.6) is 0 Å². The van der Waals surface area contributed by atoms with Gasteiger partial charge in [-0.05, 0) is 29.8 Å². The lowest BCUT2D eigenvalue weighted by Gasteiger charge is -2.10. The Kier molecular flexibility index (Phi) is 3.33. The van der Waals surface area contributed by atoms with Crippen molar-refractivity contribution in [2.24, 2.45) is 0 Å². The van der Waals surface area contributed by atoms with E-state index >= 15 is 0 Å². The van der Waals surface area contributed by atoms with Crippen molar-refractivity contribution in [2.75, 3.05) is 0 Å². The molecule has 2 aromatic rings. The van der Waals surface area contributed by atoms with Crippen LogP contribution in [0.3, 0.4) is 0 Å². The maximum absolute atomic E-state index is 11.8. The Balaban J connectivity index is 1.89. The van der Waals surface area contributed by atoms with Crippen LogP contribution in [0.25, 0.3) is 0 Å². The van der Waals surface area contributed by atoms with E-state index in [0.29, 0.717) is 17.0 Å². The zero-order chi connectivity index (χ0) is 13.4. The van der Waals surface area contributed by atoms with E-state index in [2.05, 4.69) is 15.9 Å². The maximum atomic E-state index is 11.8. The summed E-state index contributed by atoms with van der Waals surface area (Å²) < 4.78 is 6.31. The third-order valence-corrected chi connectivity index (χ3v) is 3.91. The quantitative estimate of drug-likeness (QED) is 0.751. The number of fused-ring (bicyclic) bond motifs is 1. The molecule has 19 heavy (non-hydrogen) atoms. The van der Waals surface area contributed by atoms with E-state index in [-0.39, 0.29) is 12.1 Å². The average Bonchev–Trinajstić information content (AvgIpc) is 2.69. The highest BCUT2D eigenvalue weighted by molar-refractivity contribution is 9.10. The third kappa shape index (κ3) is 2.53. The van der Waals surface area contributed by atoms with E-state index in [1.165, 1.54) is 0 Å². The van der Waals surface area contributed by atoms with Gasteiger partial charge in [0.2, 0.25) is 0 Å². The van der Waals surface area contributed by atoms with Crippen LogP contribution < -0.4 is 0 Å². The van der Waals surface area contributed by atoms with Crippen molar-refractivity contribution in [3.05, 3.63) is 68.7 Å². The largest absolute Gasteiger partial charge is 0.454 e. The van der Waals surface area contributed by atoms with Gasteiger partial charge in [0.05, 0.1) is 5.56 Å². The van der Waals surface area contributed by atoms with E-state index in [4.69, 9.17) is 16.3 Å². The number of carbonyl (C=O) groups is 1. The molecule has 1 atom stereocenters. The molecule has 2 aromatic carbocycles. The van der Waals surface area contributed by atoms with Gasteiger partial charge in [0.25, 0.3) is 0 Å². The van der Waals surface area contributed by atoms with Crippen molar-refractivity contribution in [1.82, 2.24) is 0 Å². The molecule has 0 saturated carbocycles. The Hall–Kier alpha value is -1.32. The van der Waals surface area contributed by atoms with Crippen LogP contribution in [0.15, 0.2) is 46.9 Å². The molecule has 0 aromatic heterocycles. The SMILES string of the molecule is O=C1OC(Cc2ccc(Cl)cc2)c2ccc(Br)cc21. The molecule has 0 spiro atoms. The second-order valence-corrected chi connectivity index (χ2v) is 5.81. The molecule has 2 nitrogen and oxygen atoms in total. The molecule has 0 amide bonds. The molecule has 0 aliphatic carbocycles. The smallest absolute Gasteiger partial charge is 0.339 e. The van der Waals surface area contributed by atoms with Gasteiger partial charge in [-0.2, -0.15) is 0 Å². The average molecular weight is 338 g/mol. The molecular weight excluding hydrogens is 328 g/mol. The van der Waals surface area contributed by atoms with Crippen LogP contribution in [-0.4, -0.2) is 5.97 Å². The number of hydrogen-bond acceptors (Lipinski definition) is 2. The summed E-state index contributed by atoms with van der Waals surface area (Å²) in [5.74, 6) is -0.254. The first-order chi connectivity index (χ1) is 9.13. The van der Waals surface area contributed by atoms with Crippen molar-refractivity contribution in [2.45, 2.75) is 12.5 Å². The van der Waals surface area contributed by atoms with Gasteiger partial charge in [0.15, 0.2) is 0 Å². The van der Waals surface area contributed by atoms with Gasteiger partial charge in [0.1, 0.15) is 6.10 Å². The Morgan fingerprint density at radius 2 is 1.89 bits per heavy atom. The summed E-state index contributed by atoms with van der Waals surface area (Å²) in [5, 5.41) is 0.705. The van der Waals surface area contributed by atoms with E-state index in [9.17, 15) is 4.79 Å².